The molecule has 0 aliphatic carbocycles. The van der Waals surface area contributed by atoms with Crippen LogP contribution in [0.4, 0.5) is 0 Å². The number of nitrogens with one attached hydrogen (secondary N) is 1. The van der Waals surface area contributed by atoms with E-state index in [1.54, 1.807) is 18.2 Å². The Hall–Kier alpha value is -2.96. The van der Waals surface area contributed by atoms with Crippen molar-refractivity contribution in [1.82, 2.24) is 9.97 Å². The average Bonchev–Trinajstić information content (AvgIpc) is 2.68. The Morgan fingerprint density at radius 2 is 1.72 bits per heavy atom. The second-order valence-electron chi connectivity index (χ2n) is 6.89. The van der Waals surface area contributed by atoms with Crippen molar-refractivity contribution in [2.24, 2.45) is 0 Å². The molecule has 146 valence electrons. The zero-order valence-electron chi connectivity index (χ0n) is 15.5. The molecule has 2 aromatic carbocycles. The van der Waals surface area contributed by atoms with Gasteiger partial charge in [0.1, 0.15) is 5.65 Å². The number of nitrogens with zero attached hydrogens (tertiary/aromatic N) is 1. The van der Waals surface area contributed by atoms with Gasteiger partial charge >= 0.3 is 0 Å². The number of aromatic nitrogens is 2. The summed E-state index contributed by atoms with van der Waals surface area (Å²) in [5.41, 5.74) is 4.08. The summed E-state index contributed by atoms with van der Waals surface area (Å²) in [4.78, 5) is 19.2. The highest BCUT2D eigenvalue weighted by atomic mass is 35.5. The highest BCUT2D eigenvalue weighted by molar-refractivity contribution is 7.89. The Labute approximate surface area is 172 Å². The predicted molar refractivity (Wildman–Crippen MR) is 117 cm³/mol. The molecule has 0 aliphatic heterocycles. The van der Waals surface area contributed by atoms with Gasteiger partial charge in [-0.25, -0.2) is 13.4 Å². The minimum Gasteiger partial charge on any atom is -0.307 e. The smallest absolute Gasteiger partial charge is 0.249 e. The molecule has 0 unspecified atom stereocenters. The number of pyridine rings is 2. The second kappa shape index (κ2) is 7.46. The molecule has 5 nitrogen and oxygen atoms in total. The van der Waals surface area contributed by atoms with Crippen LogP contribution in [-0.2, 0) is 15.6 Å². The summed E-state index contributed by atoms with van der Waals surface area (Å²) >= 11 is 6.39. The number of hydrogen-bond acceptors (Lipinski definition) is 4. The van der Waals surface area contributed by atoms with Crippen LogP contribution in [0.15, 0.2) is 71.5 Å². The number of aromatic amines is 1. The zero-order chi connectivity index (χ0) is 20.6. The zero-order valence-corrected chi connectivity index (χ0v) is 17.1. The second-order valence-corrected chi connectivity index (χ2v) is 9.43. The molecule has 0 fully saturated rings. The summed E-state index contributed by atoms with van der Waals surface area (Å²) in [7, 11) is -3.19. The Morgan fingerprint density at radius 3 is 2.41 bits per heavy atom. The van der Waals surface area contributed by atoms with Crippen LogP contribution in [0.2, 0.25) is 5.02 Å². The van der Waals surface area contributed by atoms with E-state index in [-0.39, 0.29) is 11.3 Å². The standard InChI is InChI=1S/C22H17ClN2O3S/c1-29(27,28)13-17-8-7-15(12-19(17)23)18-11-16-9-10-20(26)24-22(16)25-21(18)14-5-3-2-4-6-14/h2-12H,13H2,1H3,(H,24,25,26). The molecule has 0 radical (unpaired) electrons. The van der Waals surface area contributed by atoms with Gasteiger partial charge in [0.15, 0.2) is 9.84 Å². The molecule has 0 spiro atoms. The van der Waals surface area contributed by atoms with E-state index in [0.717, 1.165) is 22.1 Å². The number of halogens is 1. The normalized spacial score (nSPS) is 11.7. The fraction of sp³-hybridized carbons (Fsp3) is 0.0909. The molecular weight excluding hydrogens is 408 g/mol. The number of rotatable bonds is 4. The van der Waals surface area contributed by atoms with Gasteiger partial charge in [0.2, 0.25) is 5.56 Å². The molecule has 0 aliphatic rings. The van der Waals surface area contributed by atoms with Gasteiger partial charge in [-0.1, -0.05) is 54.1 Å². The van der Waals surface area contributed by atoms with E-state index < -0.39 is 9.84 Å². The van der Waals surface area contributed by atoms with Crippen molar-refractivity contribution in [2.45, 2.75) is 5.75 Å². The van der Waals surface area contributed by atoms with E-state index in [2.05, 4.69) is 4.98 Å². The highest BCUT2D eigenvalue weighted by Gasteiger charge is 2.15. The van der Waals surface area contributed by atoms with Gasteiger partial charge < -0.3 is 4.98 Å². The maximum Gasteiger partial charge on any atom is 0.249 e. The Kier molecular flexibility index (Phi) is 4.98. The Balaban J connectivity index is 1.94. The maximum atomic E-state index is 11.7. The number of benzene rings is 2. The van der Waals surface area contributed by atoms with Crippen LogP contribution in [0.3, 0.4) is 0 Å². The molecule has 0 amide bonds. The van der Waals surface area contributed by atoms with E-state index in [0.29, 0.717) is 21.9 Å². The largest absolute Gasteiger partial charge is 0.307 e. The molecule has 7 heteroatoms. The third kappa shape index (κ3) is 4.23. The van der Waals surface area contributed by atoms with Crippen molar-refractivity contribution in [3.05, 3.63) is 87.7 Å². The van der Waals surface area contributed by atoms with Gasteiger partial charge in [-0.2, -0.15) is 0 Å². The van der Waals surface area contributed by atoms with Crippen LogP contribution in [0.1, 0.15) is 5.56 Å². The molecule has 2 aromatic heterocycles. The van der Waals surface area contributed by atoms with Crippen LogP contribution >= 0.6 is 11.6 Å². The lowest BCUT2D eigenvalue weighted by Gasteiger charge is -2.13. The molecule has 0 saturated carbocycles. The van der Waals surface area contributed by atoms with E-state index in [9.17, 15) is 13.2 Å². The number of H-pyrrole nitrogens is 1. The predicted octanol–water partition coefficient (Wildman–Crippen LogP) is 4.46. The fourth-order valence-corrected chi connectivity index (χ4v) is 4.37. The van der Waals surface area contributed by atoms with E-state index in [1.807, 2.05) is 42.5 Å². The third-order valence-electron chi connectivity index (χ3n) is 4.54. The van der Waals surface area contributed by atoms with Crippen LogP contribution < -0.4 is 5.56 Å². The lowest BCUT2D eigenvalue weighted by molar-refractivity contribution is 0.601. The van der Waals surface area contributed by atoms with Gasteiger partial charge in [0.05, 0.1) is 11.4 Å². The van der Waals surface area contributed by atoms with Crippen LogP contribution in [0, 0.1) is 0 Å². The molecule has 1 N–H and O–H groups in total. The molecule has 0 saturated heterocycles. The average molecular weight is 425 g/mol. The Bertz CT molecular complexity index is 1380. The van der Waals surface area contributed by atoms with Gasteiger partial charge in [-0.15, -0.1) is 0 Å². The maximum absolute atomic E-state index is 11.7. The van der Waals surface area contributed by atoms with Crippen molar-refractivity contribution in [3.63, 3.8) is 0 Å². The van der Waals surface area contributed by atoms with Gasteiger partial charge in [-0.3, -0.25) is 4.79 Å². The van der Waals surface area contributed by atoms with Crippen molar-refractivity contribution in [1.29, 1.82) is 0 Å². The lowest BCUT2D eigenvalue weighted by Crippen LogP contribution is -2.04. The van der Waals surface area contributed by atoms with Gasteiger partial charge in [0.25, 0.3) is 0 Å². The minimum atomic E-state index is -3.19. The fourth-order valence-electron chi connectivity index (χ4n) is 3.23. The Morgan fingerprint density at radius 1 is 0.966 bits per heavy atom. The van der Waals surface area contributed by atoms with Gasteiger partial charge in [0, 0.05) is 33.9 Å². The molecular formula is C22H17ClN2O3S. The first kappa shape index (κ1) is 19.4. The van der Waals surface area contributed by atoms with Crippen molar-refractivity contribution >= 4 is 32.5 Å². The number of fused-ring (bicyclic) bond motifs is 1. The van der Waals surface area contributed by atoms with E-state index >= 15 is 0 Å². The lowest BCUT2D eigenvalue weighted by atomic mass is 9.97. The summed E-state index contributed by atoms with van der Waals surface area (Å²) < 4.78 is 23.2. The van der Waals surface area contributed by atoms with Crippen LogP contribution in [0.5, 0.6) is 0 Å². The highest BCUT2D eigenvalue weighted by Crippen LogP contribution is 2.35. The molecule has 2 heterocycles. The summed E-state index contributed by atoms with van der Waals surface area (Å²) in [6.45, 7) is 0. The quantitative estimate of drug-likeness (QED) is 0.524. The minimum absolute atomic E-state index is 0.116. The molecule has 4 aromatic rings. The summed E-state index contributed by atoms with van der Waals surface area (Å²) in [5.74, 6) is -0.116. The van der Waals surface area contributed by atoms with Crippen molar-refractivity contribution < 1.29 is 8.42 Å². The summed E-state index contributed by atoms with van der Waals surface area (Å²) in [6, 6.07) is 20.1. The molecule has 0 bridgehead atoms. The summed E-state index contributed by atoms with van der Waals surface area (Å²) in [6.07, 6.45) is 1.18. The van der Waals surface area contributed by atoms with Crippen LogP contribution in [-0.4, -0.2) is 24.6 Å². The molecule has 4 rings (SSSR count). The van der Waals surface area contributed by atoms with Crippen molar-refractivity contribution in [2.75, 3.05) is 6.26 Å². The van der Waals surface area contributed by atoms with Crippen LogP contribution in [0.25, 0.3) is 33.4 Å². The topological polar surface area (TPSA) is 79.9 Å². The molecule has 29 heavy (non-hydrogen) atoms. The molecule has 0 atom stereocenters. The number of sulfone groups is 1. The van der Waals surface area contributed by atoms with Crippen molar-refractivity contribution in [3.8, 4) is 22.4 Å². The third-order valence-corrected chi connectivity index (χ3v) is 5.72. The SMILES string of the molecule is CS(=O)(=O)Cc1ccc(-c2cc3ccc(=O)[nH]c3nc2-c2ccccc2)cc1Cl. The first-order chi connectivity index (χ1) is 13.8. The monoisotopic (exact) mass is 424 g/mol. The first-order valence-corrected chi connectivity index (χ1v) is 11.3. The van der Waals surface area contributed by atoms with E-state index in [1.165, 1.54) is 12.3 Å². The number of hydrogen-bond donors (Lipinski definition) is 1. The van der Waals surface area contributed by atoms with Gasteiger partial charge in [-0.05, 0) is 29.3 Å². The first-order valence-electron chi connectivity index (χ1n) is 8.86. The summed E-state index contributed by atoms with van der Waals surface area (Å²) in [5, 5.41) is 1.17. The van der Waals surface area contributed by atoms with E-state index in [4.69, 9.17) is 16.6 Å².